The number of benzene rings is 2. The van der Waals surface area contributed by atoms with E-state index in [9.17, 15) is 0 Å². The first-order valence-electron chi connectivity index (χ1n) is 6.73. The summed E-state index contributed by atoms with van der Waals surface area (Å²) < 4.78 is 3.63. The van der Waals surface area contributed by atoms with Gasteiger partial charge in [-0.2, -0.15) is 4.57 Å². The minimum atomic E-state index is 0. The predicted octanol–water partition coefficient (Wildman–Crippen LogP) is 4.19. The molecule has 0 amide bonds. The van der Waals surface area contributed by atoms with Crippen LogP contribution in [-0.2, 0) is 7.05 Å². The van der Waals surface area contributed by atoms with Crippen LogP contribution in [0.5, 0.6) is 0 Å². The van der Waals surface area contributed by atoms with Crippen molar-refractivity contribution in [3.05, 3.63) is 48.0 Å². The summed E-state index contributed by atoms with van der Waals surface area (Å²) in [6.07, 6.45) is 0. The summed E-state index contributed by atoms with van der Waals surface area (Å²) in [4.78, 5) is 2.12. The van der Waals surface area contributed by atoms with Gasteiger partial charge in [-0.05, 0) is 42.8 Å². The van der Waals surface area contributed by atoms with Crippen LogP contribution in [0, 0.1) is 6.92 Å². The van der Waals surface area contributed by atoms with Crippen LogP contribution in [0.3, 0.4) is 0 Å². The monoisotopic (exact) mass is 319 g/mol. The Labute approximate surface area is 136 Å². The molecule has 0 radical (unpaired) electrons. The van der Waals surface area contributed by atoms with E-state index in [0.29, 0.717) is 0 Å². The molecule has 0 aliphatic heterocycles. The predicted molar refractivity (Wildman–Crippen MR) is 94.7 cm³/mol. The van der Waals surface area contributed by atoms with Crippen LogP contribution < -0.4 is 9.47 Å². The number of nitrogens with zero attached hydrogens (tertiary/aromatic N) is 2. The maximum absolute atomic E-state index is 2.28. The van der Waals surface area contributed by atoms with Crippen molar-refractivity contribution in [2.75, 3.05) is 19.0 Å². The zero-order chi connectivity index (χ0) is 14.3. The first-order chi connectivity index (χ1) is 9.56. The third-order valence-corrected chi connectivity index (χ3v) is 4.87. The highest BCUT2D eigenvalue weighted by atomic mass is 35.5. The molecule has 0 spiro atoms. The van der Waals surface area contributed by atoms with Gasteiger partial charge in [-0.1, -0.05) is 17.4 Å². The summed E-state index contributed by atoms with van der Waals surface area (Å²) in [6.45, 7) is 2.14. The summed E-state index contributed by atoms with van der Waals surface area (Å²) >= 11 is 1.85. The van der Waals surface area contributed by atoms with E-state index >= 15 is 0 Å². The average molecular weight is 320 g/mol. The van der Waals surface area contributed by atoms with Crippen molar-refractivity contribution in [2.24, 2.45) is 7.05 Å². The molecule has 0 unspecified atom stereocenters. The van der Waals surface area contributed by atoms with Crippen LogP contribution in [0.2, 0.25) is 0 Å². The van der Waals surface area contributed by atoms with Crippen LogP contribution >= 0.6 is 23.7 Å². The Morgan fingerprint density at radius 2 is 1.67 bits per heavy atom. The fourth-order valence-electron chi connectivity index (χ4n) is 2.42. The molecular formula is C17H20ClN2S+. The van der Waals surface area contributed by atoms with Gasteiger partial charge in [-0.25, -0.2) is 0 Å². The van der Waals surface area contributed by atoms with Gasteiger partial charge in [0, 0.05) is 25.8 Å². The van der Waals surface area contributed by atoms with Gasteiger partial charge in [0.15, 0.2) is 0 Å². The topological polar surface area (TPSA) is 7.12 Å². The van der Waals surface area contributed by atoms with Gasteiger partial charge in [0.2, 0.25) is 5.52 Å². The Bertz CT molecular complexity index is 760. The Morgan fingerprint density at radius 1 is 1.00 bits per heavy atom. The lowest BCUT2D eigenvalue weighted by Gasteiger charge is -2.11. The lowest BCUT2D eigenvalue weighted by Crippen LogP contribution is -2.28. The highest BCUT2D eigenvalue weighted by Gasteiger charge is 2.18. The molecule has 1 aromatic heterocycles. The van der Waals surface area contributed by atoms with E-state index in [0.717, 1.165) is 0 Å². The number of hydrogen-bond acceptors (Lipinski definition) is 2. The molecule has 0 bridgehead atoms. The highest BCUT2D eigenvalue weighted by molar-refractivity contribution is 7.21. The van der Waals surface area contributed by atoms with Crippen LogP contribution in [-0.4, -0.2) is 14.1 Å². The van der Waals surface area contributed by atoms with Crippen molar-refractivity contribution in [1.29, 1.82) is 0 Å². The smallest absolute Gasteiger partial charge is 0.269 e. The summed E-state index contributed by atoms with van der Waals surface area (Å²) in [5.41, 5.74) is 5.12. The number of fused-ring (bicyclic) bond motifs is 1. The maximum Gasteiger partial charge on any atom is 0.269 e. The lowest BCUT2D eigenvalue weighted by atomic mass is 10.2. The van der Waals surface area contributed by atoms with Gasteiger partial charge in [0.1, 0.15) is 11.7 Å². The molecule has 0 saturated heterocycles. The quantitative estimate of drug-likeness (QED) is 0.642. The molecule has 2 aromatic carbocycles. The van der Waals surface area contributed by atoms with E-state index in [1.165, 1.54) is 32.0 Å². The van der Waals surface area contributed by atoms with Crippen LogP contribution in [0.15, 0.2) is 42.5 Å². The Hall–Kier alpha value is -1.58. The molecule has 0 N–H and O–H groups in total. The average Bonchev–Trinajstić information content (AvgIpc) is 2.75. The molecule has 21 heavy (non-hydrogen) atoms. The van der Waals surface area contributed by atoms with Gasteiger partial charge in [0.25, 0.3) is 5.01 Å². The minimum absolute atomic E-state index is 0. The third kappa shape index (κ3) is 2.89. The van der Waals surface area contributed by atoms with Gasteiger partial charge in [-0.3, -0.25) is 0 Å². The summed E-state index contributed by atoms with van der Waals surface area (Å²) in [5.74, 6) is 0. The van der Waals surface area contributed by atoms with Gasteiger partial charge in [-0.15, -0.1) is 12.4 Å². The molecule has 0 aliphatic carbocycles. The van der Waals surface area contributed by atoms with Gasteiger partial charge >= 0.3 is 0 Å². The van der Waals surface area contributed by atoms with Gasteiger partial charge < -0.3 is 4.90 Å². The van der Waals surface area contributed by atoms with E-state index in [1.54, 1.807) is 0 Å². The second-order valence-corrected chi connectivity index (χ2v) is 6.41. The van der Waals surface area contributed by atoms with Crippen molar-refractivity contribution in [3.8, 4) is 10.6 Å². The molecule has 4 heteroatoms. The molecule has 2 nitrogen and oxygen atoms in total. The summed E-state index contributed by atoms with van der Waals surface area (Å²) in [5, 5.41) is 1.30. The third-order valence-electron chi connectivity index (χ3n) is 3.62. The Morgan fingerprint density at radius 3 is 2.29 bits per heavy atom. The molecule has 0 atom stereocenters. The normalized spacial score (nSPS) is 10.5. The van der Waals surface area contributed by atoms with Crippen LogP contribution in [0.25, 0.3) is 20.8 Å². The minimum Gasteiger partial charge on any atom is -0.378 e. The van der Waals surface area contributed by atoms with Crippen LogP contribution in [0.4, 0.5) is 5.69 Å². The number of halogens is 1. The second kappa shape index (κ2) is 6.04. The zero-order valence-corrected chi connectivity index (χ0v) is 14.4. The summed E-state index contributed by atoms with van der Waals surface area (Å²) in [6, 6.07) is 15.4. The van der Waals surface area contributed by atoms with Crippen molar-refractivity contribution >= 4 is 39.6 Å². The van der Waals surface area contributed by atoms with Crippen molar-refractivity contribution in [1.82, 2.24) is 0 Å². The lowest BCUT2D eigenvalue weighted by molar-refractivity contribution is -0.629. The molecule has 0 saturated carbocycles. The summed E-state index contributed by atoms with van der Waals surface area (Å²) in [7, 11) is 6.28. The maximum atomic E-state index is 2.28. The molecular weight excluding hydrogens is 300 g/mol. The number of aromatic nitrogens is 1. The molecule has 110 valence electrons. The number of rotatable bonds is 2. The van der Waals surface area contributed by atoms with Crippen LogP contribution in [0.1, 0.15) is 5.56 Å². The number of hydrogen-bond donors (Lipinski definition) is 0. The molecule has 3 rings (SSSR count). The van der Waals surface area contributed by atoms with E-state index in [1.807, 2.05) is 11.3 Å². The molecule has 1 heterocycles. The highest BCUT2D eigenvalue weighted by Crippen LogP contribution is 2.29. The largest absolute Gasteiger partial charge is 0.378 e. The molecule has 0 aliphatic rings. The van der Waals surface area contributed by atoms with E-state index in [4.69, 9.17) is 0 Å². The second-order valence-electron chi connectivity index (χ2n) is 5.38. The Balaban J connectivity index is 0.00000161. The Kier molecular flexibility index (Phi) is 4.55. The SMILES string of the molecule is Cc1ccc2c(c1)sc(-c1ccc(N(C)C)cc1)[n+]2C.Cl. The van der Waals surface area contributed by atoms with E-state index < -0.39 is 0 Å². The fourth-order valence-corrected chi connectivity index (χ4v) is 3.67. The van der Waals surface area contributed by atoms with Crippen molar-refractivity contribution < 1.29 is 4.57 Å². The number of anilines is 1. The van der Waals surface area contributed by atoms with E-state index in [-0.39, 0.29) is 12.4 Å². The van der Waals surface area contributed by atoms with Gasteiger partial charge in [0.05, 0.1) is 5.56 Å². The number of aryl methyl sites for hydroxylation is 2. The van der Waals surface area contributed by atoms with E-state index in [2.05, 4.69) is 80.0 Å². The number of thiazole rings is 1. The first kappa shape index (κ1) is 15.8. The zero-order valence-electron chi connectivity index (χ0n) is 12.8. The molecule has 0 fully saturated rings. The van der Waals surface area contributed by atoms with Crippen molar-refractivity contribution in [2.45, 2.75) is 6.92 Å². The first-order valence-corrected chi connectivity index (χ1v) is 7.55. The molecule has 3 aromatic rings. The standard InChI is InChI=1S/C17H19N2S.ClH/c1-12-5-10-15-16(11-12)20-17(19(15)4)13-6-8-14(9-7-13)18(2)3;/h5-11H,1-4H3;1H/q+1;. The van der Waals surface area contributed by atoms with Crippen molar-refractivity contribution in [3.63, 3.8) is 0 Å². The fraction of sp³-hybridized carbons (Fsp3) is 0.235.